The van der Waals surface area contributed by atoms with Gasteiger partial charge in [-0.05, 0) is 35.0 Å². The van der Waals surface area contributed by atoms with Gasteiger partial charge in [-0.2, -0.15) is 10.3 Å². The Morgan fingerprint density at radius 2 is 1.50 bits per heavy atom. The highest BCUT2D eigenvalue weighted by molar-refractivity contribution is 5.81. The highest BCUT2D eigenvalue weighted by Crippen LogP contribution is 2.32. The van der Waals surface area contributed by atoms with E-state index in [4.69, 9.17) is 5.10 Å². The molecule has 0 aliphatic rings. The van der Waals surface area contributed by atoms with Crippen LogP contribution in [0.2, 0.25) is 0 Å². The summed E-state index contributed by atoms with van der Waals surface area (Å²) in [5, 5.41) is 19.0. The van der Waals surface area contributed by atoms with Crippen LogP contribution in [0.4, 0.5) is 0 Å². The Balaban J connectivity index is 1.62. The van der Waals surface area contributed by atoms with E-state index in [-0.39, 0.29) is 0 Å². The minimum atomic E-state index is 0.570. The molecule has 28 heavy (non-hydrogen) atoms. The fourth-order valence-electron chi connectivity index (χ4n) is 3.10. The van der Waals surface area contributed by atoms with E-state index in [0.29, 0.717) is 5.82 Å². The molecule has 7 heteroatoms. The van der Waals surface area contributed by atoms with E-state index in [0.717, 1.165) is 33.6 Å². The molecule has 0 saturated carbocycles. The molecule has 134 valence electrons. The molecule has 1 N–H and O–H groups in total. The summed E-state index contributed by atoms with van der Waals surface area (Å²) in [6, 6.07) is 22.1. The minimum Gasteiger partial charge on any atom is -0.265 e. The second kappa shape index (κ2) is 6.88. The van der Waals surface area contributed by atoms with Crippen molar-refractivity contribution in [2.75, 3.05) is 0 Å². The van der Waals surface area contributed by atoms with E-state index in [1.165, 1.54) is 0 Å². The molecule has 0 amide bonds. The van der Waals surface area contributed by atoms with Gasteiger partial charge in [-0.3, -0.25) is 4.98 Å². The van der Waals surface area contributed by atoms with Gasteiger partial charge in [0.15, 0.2) is 0 Å². The molecule has 0 fully saturated rings. The molecule has 0 atom stereocenters. The molecule has 0 unspecified atom stereocenters. The van der Waals surface area contributed by atoms with Crippen LogP contribution in [-0.2, 0) is 0 Å². The molecule has 0 bridgehead atoms. The van der Waals surface area contributed by atoms with Crippen molar-refractivity contribution in [1.29, 1.82) is 0 Å². The second-order valence-electron chi connectivity index (χ2n) is 6.22. The molecule has 0 aliphatic heterocycles. The van der Waals surface area contributed by atoms with Gasteiger partial charge in [0, 0.05) is 35.3 Å². The van der Waals surface area contributed by atoms with E-state index in [2.05, 4.69) is 31.8 Å². The maximum atomic E-state index is 4.85. The molecule has 5 aromatic rings. The Bertz CT molecular complexity index is 1180. The van der Waals surface area contributed by atoms with Crippen molar-refractivity contribution in [3.63, 3.8) is 0 Å². The van der Waals surface area contributed by atoms with Crippen molar-refractivity contribution in [2.24, 2.45) is 0 Å². The van der Waals surface area contributed by atoms with Crippen LogP contribution >= 0.6 is 0 Å². The number of tetrazole rings is 1. The summed E-state index contributed by atoms with van der Waals surface area (Å²) in [6.07, 6.45) is 5.61. The number of hydrogen-bond acceptors (Lipinski definition) is 5. The number of H-pyrrole nitrogens is 1. The van der Waals surface area contributed by atoms with E-state index in [1.54, 1.807) is 12.4 Å². The van der Waals surface area contributed by atoms with Gasteiger partial charge in [0.2, 0.25) is 5.82 Å². The summed E-state index contributed by atoms with van der Waals surface area (Å²) in [6.45, 7) is 0. The van der Waals surface area contributed by atoms with Crippen LogP contribution in [0.5, 0.6) is 0 Å². The van der Waals surface area contributed by atoms with Gasteiger partial charge < -0.3 is 0 Å². The molecule has 0 saturated heterocycles. The fraction of sp³-hybridized carbons (Fsp3) is 0. The van der Waals surface area contributed by atoms with Gasteiger partial charge in [-0.1, -0.05) is 42.5 Å². The van der Waals surface area contributed by atoms with Gasteiger partial charge in [-0.25, -0.2) is 4.68 Å². The summed E-state index contributed by atoms with van der Waals surface area (Å²) in [4.78, 5) is 4.12. The fourth-order valence-corrected chi connectivity index (χ4v) is 3.10. The Morgan fingerprint density at radius 3 is 2.21 bits per heavy atom. The van der Waals surface area contributed by atoms with E-state index < -0.39 is 0 Å². The largest absolute Gasteiger partial charge is 0.265 e. The topological polar surface area (TPSA) is 85.2 Å². The molecule has 0 aliphatic carbocycles. The number of aromatic amines is 1. The maximum absolute atomic E-state index is 4.85. The first kappa shape index (κ1) is 16.1. The zero-order valence-electron chi connectivity index (χ0n) is 14.8. The normalized spacial score (nSPS) is 10.9. The molecule has 7 nitrogen and oxygen atoms in total. The lowest BCUT2D eigenvalue weighted by Crippen LogP contribution is -1.93. The quantitative estimate of drug-likeness (QED) is 0.524. The molecular weight excluding hydrogens is 350 g/mol. The standard InChI is InChI=1S/C21H15N7/c1-2-4-18(5-3-1)28-14-19(20(25-28)16-10-12-22-13-11-16)15-6-8-17(9-7-15)21-23-26-27-24-21/h1-14H,(H,23,24,26,27). The van der Waals surface area contributed by atoms with Gasteiger partial charge in [0.05, 0.1) is 5.69 Å². The van der Waals surface area contributed by atoms with Gasteiger partial charge in [-0.15, -0.1) is 10.2 Å². The molecule has 0 spiro atoms. The number of nitrogens with zero attached hydrogens (tertiary/aromatic N) is 6. The van der Waals surface area contributed by atoms with E-state index in [9.17, 15) is 0 Å². The van der Waals surface area contributed by atoms with Crippen LogP contribution < -0.4 is 0 Å². The Kier molecular flexibility index (Phi) is 3.95. The zero-order valence-corrected chi connectivity index (χ0v) is 14.8. The van der Waals surface area contributed by atoms with Crippen LogP contribution in [0.3, 0.4) is 0 Å². The lowest BCUT2D eigenvalue weighted by molar-refractivity contribution is 0.881. The Labute approximate surface area is 160 Å². The van der Waals surface area contributed by atoms with Crippen LogP contribution in [0.1, 0.15) is 0 Å². The summed E-state index contributed by atoms with van der Waals surface area (Å²) in [5.74, 6) is 0.570. The van der Waals surface area contributed by atoms with Crippen LogP contribution in [-0.4, -0.2) is 35.4 Å². The third kappa shape index (κ3) is 2.95. The van der Waals surface area contributed by atoms with Gasteiger partial charge >= 0.3 is 0 Å². The molecule has 3 heterocycles. The predicted molar refractivity (Wildman–Crippen MR) is 105 cm³/mol. The smallest absolute Gasteiger partial charge is 0.204 e. The van der Waals surface area contributed by atoms with Crippen LogP contribution in [0, 0.1) is 0 Å². The number of nitrogens with one attached hydrogen (secondary N) is 1. The summed E-state index contributed by atoms with van der Waals surface area (Å²) < 4.78 is 1.90. The summed E-state index contributed by atoms with van der Waals surface area (Å²) in [5.41, 5.74) is 5.92. The number of hydrogen-bond donors (Lipinski definition) is 1. The lowest BCUT2D eigenvalue weighted by atomic mass is 10.0. The maximum Gasteiger partial charge on any atom is 0.204 e. The zero-order chi connectivity index (χ0) is 18.8. The first-order valence-electron chi connectivity index (χ1n) is 8.78. The average molecular weight is 365 g/mol. The number of rotatable bonds is 4. The summed E-state index contributed by atoms with van der Waals surface area (Å²) in [7, 11) is 0. The second-order valence-corrected chi connectivity index (χ2v) is 6.22. The number of aromatic nitrogens is 7. The first-order valence-corrected chi connectivity index (χ1v) is 8.78. The average Bonchev–Trinajstić information content (AvgIpc) is 3.46. The molecule has 5 rings (SSSR count). The third-order valence-electron chi connectivity index (χ3n) is 4.49. The van der Waals surface area contributed by atoms with Crippen molar-refractivity contribution < 1.29 is 0 Å². The van der Waals surface area contributed by atoms with Crippen molar-refractivity contribution in [3.05, 3.63) is 85.3 Å². The van der Waals surface area contributed by atoms with Crippen molar-refractivity contribution in [2.45, 2.75) is 0 Å². The van der Waals surface area contributed by atoms with Crippen LogP contribution in [0.15, 0.2) is 85.3 Å². The minimum absolute atomic E-state index is 0.570. The Morgan fingerprint density at radius 1 is 0.750 bits per heavy atom. The van der Waals surface area contributed by atoms with Gasteiger partial charge in [0.1, 0.15) is 5.69 Å². The number of para-hydroxylation sites is 1. The SMILES string of the molecule is c1ccc(-n2cc(-c3ccc(-c4nn[nH]n4)cc3)c(-c3ccncc3)n2)cc1. The third-order valence-corrected chi connectivity index (χ3v) is 4.49. The van der Waals surface area contributed by atoms with Crippen molar-refractivity contribution in [1.82, 2.24) is 35.4 Å². The molecular formula is C21H15N7. The Hall–Kier alpha value is -4.13. The number of benzene rings is 2. The summed E-state index contributed by atoms with van der Waals surface area (Å²) >= 11 is 0. The highest BCUT2D eigenvalue weighted by atomic mass is 15.5. The van der Waals surface area contributed by atoms with Crippen molar-refractivity contribution in [3.8, 4) is 39.5 Å². The lowest BCUT2D eigenvalue weighted by Gasteiger charge is -2.03. The van der Waals surface area contributed by atoms with E-state index in [1.807, 2.05) is 71.4 Å². The molecule has 0 radical (unpaired) electrons. The van der Waals surface area contributed by atoms with E-state index >= 15 is 0 Å². The van der Waals surface area contributed by atoms with Crippen LogP contribution in [0.25, 0.3) is 39.5 Å². The predicted octanol–water partition coefficient (Wildman–Crippen LogP) is 3.78. The van der Waals surface area contributed by atoms with Crippen molar-refractivity contribution >= 4 is 0 Å². The number of pyridine rings is 1. The van der Waals surface area contributed by atoms with Gasteiger partial charge in [0.25, 0.3) is 0 Å². The first-order chi connectivity index (χ1) is 13.9. The highest BCUT2D eigenvalue weighted by Gasteiger charge is 2.14. The molecule has 2 aromatic carbocycles. The molecule has 3 aromatic heterocycles. The monoisotopic (exact) mass is 365 g/mol.